The summed E-state index contributed by atoms with van der Waals surface area (Å²) in [6.45, 7) is 5.84. The number of rotatable bonds is 6. The van der Waals surface area contributed by atoms with Crippen LogP contribution in [0.25, 0.3) is 11.1 Å². The second kappa shape index (κ2) is 6.88. The van der Waals surface area contributed by atoms with Crippen LogP contribution in [0.15, 0.2) is 45.9 Å². The molecule has 6 heteroatoms. The van der Waals surface area contributed by atoms with E-state index in [0.717, 1.165) is 31.6 Å². The molecule has 0 N–H and O–H groups in total. The number of aromatic nitrogens is 3. The molecule has 0 spiro atoms. The second-order valence-electron chi connectivity index (χ2n) is 6.91. The Labute approximate surface area is 146 Å². The fraction of sp³-hybridized carbons (Fsp3) is 0.474. The molecule has 0 amide bonds. The molecule has 3 heterocycles. The van der Waals surface area contributed by atoms with Crippen molar-refractivity contribution in [1.29, 1.82) is 0 Å². The molecule has 0 unspecified atom stereocenters. The van der Waals surface area contributed by atoms with Gasteiger partial charge >= 0.3 is 5.76 Å². The number of benzene rings is 1. The Hall–Kier alpha value is -2.34. The van der Waals surface area contributed by atoms with Gasteiger partial charge in [-0.2, -0.15) is 5.10 Å². The Morgan fingerprint density at radius 3 is 3.00 bits per heavy atom. The van der Waals surface area contributed by atoms with Gasteiger partial charge in [0.05, 0.1) is 18.3 Å². The summed E-state index contributed by atoms with van der Waals surface area (Å²) in [7, 11) is 0. The molecule has 1 aliphatic heterocycles. The summed E-state index contributed by atoms with van der Waals surface area (Å²) < 4.78 is 9.10. The Bertz CT molecular complexity index is 907. The van der Waals surface area contributed by atoms with E-state index < -0.39 is 0 Å². The van der Waals surface area contributed by atoms with Crippen molar-refractivity contribution in [3.05, 3.63) is 52.8 Å². The SMILES string of the molecule is Cc1cnn(C[C@H]2CCCN2CCCn2c(=O)oc3ccccc32)c1. The van der Waals surface area contributed by atoms with Crippen LogP contribution in [0.2, 0.25) is 0 Å². The first kappa shape index (κ1) is 16.1. The van der Waals surface area contributed by atoms with Gasteiger partial charge in [0, 0.05) is 25.3 Å². The molecular formula is C19H24N4O2. The lowest BCUT2D eigenvalue weighted by atomic mass is 10.2. The number of oxazole rings is 1. The summed E-state index contributed by atoms with van der Waals surface area (Å²) in [6, 6.07) is 8.16. The summed E-state index contributed by atoms with van der Waals surface area (Å²) in [5.74, 6) is -0.258. The highest BCUT2D eigenvalue weighted by Gasteiger charge is 2.24. The third kappa shape index (κ3) is 3.39. The number of fused-ring (bicyclic) bond motifs is 1. The first-order chi connectivity index (χ1) is 12.2. The Morgan fingerprint density at radius 1 is 1.28 bits per heavy atom. The predicted molar refractivity (Wildman–Crippen MR) is 96.7 cm³/mol. The van der Waals surface area contributed by atoms with Crippen LogP contribution in [-0.4, -0.2) is 38.4 Å². The van der Waals surface area contributed by atoms with Crippen LogP contribution in [0.3, 0.4) is 0 Å². The van der Waals surface area contributed by atoms with Gasteiger partial charge in [0.2, 0.25) is 0 Å². The smallest absolute Gasteiger partial charge is 0.408 e. The van der Waals surface area contributed by atoms with Crippen molar-refractivity contribution in [2.45, 2.75) is 45.3 Å². The van der Waals surface area contributed by atoms with E-state index in [1.165, 1.54) is 18.4 Å². The van der Waals surface area contributed by atoms with Crippen molar-refractivity contribution >= 4 is 11.1 Å². The molecule has 0 aliphatic carbocycles. The average Bonchev–Trinajstić information content (AvgIpc) is 3.29. The molecule has 0 radical (unpaired) electrons. The van der Waals surface area contributed by atoms with E-state index in [1.807, 2.05) is 35.1 Å². The van der Waals surface area contributed by atoms with Gasteiger partial charge in [-0.15, -0.1) is 0 Å². The highest BCUT2D eigenvalue weighted by Crippen LogP contribution is 2.19. The van der Waals surface area contributed by atoms with Gasteiger partial charge in [0.25, 0.3) is 0 Å². The van der Waals surface area contributed by atoms with Gasteiger partial charge in [0.1, 0.15) is 0 Å². The fourth-order valence-electron chi connectivity index (χ4n) is 3.84. The Kier molecular flexibility index (Phi) is 4.44. The lowest BCUT2D eigenvalue weighted by Crippen LogP contribution is -2.34. The van der Waals surface area contributed by atoms with Crippen molar-refractivity contribution in [1.82, 2.24) is 19.2 Å². The fourth-order valence-corrected chi connectivity index (χ4v) is 3.84. The van der Waals surface area contributed by atoms with Crippen LogP contribution in [0.5, 0.6) is 0 Å². The maximum atomic E-state index is 12.0. The highest BCUT2D eigenvalue weighted by molar-refractivity contribution is 5.72. The molecule has 2 aromatic heterocycles. The lowest BCUT2D eigenvalue weighted by molar-refractivity contribution is 0.221. The predicted octanol–water partition coefficient (Wildman–Crippen LogP) is 2.65. The summed E-state index contributed by atoms with van der Waals surface area (Å²) >= 11 is 0. The largest absolute Gasteiger partial charge is 0.419 e. The van der Waals surface area contributed by atoms with Crippen LogP contribution in [-0.2, 0) is 13.1 Å². The van der Waals surface area contributed by atoms with Crippen LogP contribution >= 0.6 is 0 Å². The van der Waals surface area contributed by atoms with Crippen LogP contribution in [0.1, 0.15) is 24.8 Å². The molecule has 1 atom stereocenters. The number of aryl methyl sites for hydroxylation is 2. The van der Waals surface area contributed by atoms with Gasteiger partial charge in [-0.1, -0.05) is 12.1 Å². The van der Waals surface area contributed by atoms with Crippen molar-refractivity contribution in [2.75, 3.05) is 13.1 Å². The minimum atomic E-state index is -0.258. The molecule has 132 valence electrons. The van der Waals surface area contributed by atoms with Gasteiger partial charge in [0.15, 0.2) is 5.58 Å². The van der Waals surface area contributed by atoms with Crippen molar-refractivity contribution in [3.8, 4) is 0 Å². The number of nitrogens with zero attached hydrogens (tertiary/aromatic N) is 4. The third-order valence-electron chi connectivity index (χ3n) is 5.06. The van der Waals surface area contributed by atoms with E-state index in [1.54, 1.807) is 4.57 Å². The van der Waals surface area contributed by atoms with Gasteiger partial charge in [-0.05, 0) is 50.4 Å². The van der Waals surface area contributed by atoms with Gasteiger partial charge in [-0.3, -0.25) is 14.1 Å². The van der Waals surface area contributed by atoms with Crippen molar-refractivity contribution < 1.29 is 4.42 Å². The highest BCUT2D eigenvalue weighted by atomic mass is 16.4. The molecule has 1 aromatic carbocycles. The topological polar surface area (TPSA) is 56.2 Å². The number of hydrogen-bond acceptors (Lipinski definition) is 4. The second-order valence-corrected chi connectivity index (χ2v) is 6.91. The molecule has 0 saturated carbocycles. The number of para-hydroxylation sites is 2. The average molecular weight is 340 g/mol. The molecule has 1 saturated heterocycles. The zero-order valence-electron chi connectivity index (χ0n) is 14.6. The van der Waals surface area contributed by atoms with Gasteiger partial charge in [-0.25, -0.2) is 4.79 Å². The lowest BCUT2D eigenvalue weighted by Gasteiger charge is -2.24. The summed E-state index contributed by atoms with van der Waals surface area (Å²) in [4.78, 5) is 14.6. The Balaban J connectivity index is 1.37. The minimum Gasteiger partial charge on any atom is -0.408 e. The summed E-state index contributed by atoms with van der Waals surface area (Å²) in [6.07, 6.45) is 7.41. The summed E-state index contributed by atoms with van der Waals surface area (Å²) in [5.41, 5.74) is 2.76. The zero-order valence-corrected chi connectivity index (χ0v) is 14.6. The molecule has 6 nitrogen and oxygen atoms in total. The van der Waals surface area contributed by atoms with Gasteiger partial charge < -0.3 is 4.42 Å². The molecule has 0 bridgehead atoms. The molecular weight excluding hydrogens is 316 g/mol. The van der Waals surface area contributed by atoms with Crippen LogP contribution in [0.4, 0.5) is 0 Å². The molecule has 25 heavy (non-hydrogen) atoms. The normalized spacial score (nSPS) is 18.4. The Morgan fingerprint density at radius 2 is 2.16 bits per heavy atom. The molecule has 1 fully saturated rings. The quantitative estimate of drug-likeness (QED) is 0.692. The van der Waals surface area contributed by atoms with E-state index in [-0.39, 0.29) is 5.76 Å². The molecule has 1 aliphatic rings. The molecule has 3 aromatic rings. The van der Waals surface area contributed by atoms with Crippen molar-refractivity contribution in [2.24, 2.45) is 0 Å². The van der Waals surface area contributed by atoms with Crippen LogP contribution in [0, 0.1) is 6.92 Å². The van der Waals surface area contributed by atoms with E-state index in [4.69, 9.17) is 4.42 Å². The summed E-state index contributed by atoms with van der Waals surface area (Å²) in [5, 5.41) is 4.41. The van der Waals surface area contributed by atoms with E-state index in [0.29, 0.717) is 18.2 Å². The first-order valence-corrected chi connectivity index (χ1v) is 9.02. The van der Waals surface area contributed by atoms with Crippen molar-refractivity contribution in [3.63, 3.8) is 0 Å². The van der Waals surface area contributed by atoms with E-state index in [9.17, 15) is 4.79 Å². The van der Waals surface area contributed by atoms with Crippen LogP contribution < -0.4 is 5.76 Å². The third-order valence-corrected chi connectivity index (χ3v) is 5.06. The number of hydrogen-bond donors (Lipinski definition) is 0. The van der Waals surface area contributed by atoms with E-state index in [2.05, 4.69) is 23.1 Å². The maximum Gasteiger partial charge on any atom is 0.419 e. The molecule has 4 rings (SSSR count). The minimum absolute atomic E-state index is 0.258. The monoisotopic (exact) mass is 340 g/mol. The van der Waals surface area contributed by atoms with E-state index >= 15 is 0 Å². The maximum absolute atomic E-state index is 12.0. The first-order valence-electron chi connectivity index (χ1n) is 9.02. The standard InChI is InChI=1S/C19H24N4O2/c1-15-12-20-22(13-15)14-16-6-4-9-21(16)10-5-11-23-17-7-2-3-8-18(17)25-19(23)24/h2-3,7-8,12-13,16H,4-6,9-11,14H2,1H3/t16-/m1/s1. The number of likely N-dealkylation sites (tertiary alicyclic amines) is 1. The zero-order chi connectivity index (χ0) is 17.2.